The van der Waals surface area contributed by atoms with E-state index in [1.54, 1.807) is 18.2 Å². The van der Waals surface area contributed by atoms with Crippen molar-refractivity contribution in [3.63, 3.8) is 0 Å². The molecule has 1 aromatic heterocycles. The summed E-state index contributed by atoms with van der Waals surface area (Å²) in [6, 6.07) is 8.50. The van der Waals surface area contributed by atoms with E-state index in [2.05, 4.69) is 4.98 Å². The highest BCUT2D eigenvalue weighted by Gasteiger charge is 2.32. The van der Waals surface area contributed by atoms with Crippen molar-refractivity contribution >= 4 is 5.97 Å². The Kier molecular flexibility index (Phi) is 4.88. The number of rotatable bonds is 4. The van der Waals surface area contributed by atoms with E-state index in [4.69, 9.17) is 9.47 Å². The predicted molar refractivity (Wildman–Crippen MR) is 76.1 cm³/mol. The quantitative estimate of drug-likeness (QED) is 0.631. The summed E-state index contributed by atoms with van der Waals surface area (Å²) in [4.78, 5) is 14.5. The van der Waals surface area contributed by atoms with Crippen LogP contribution in [0.2, 0.25) is 0 Å². The average molecular weight is 325 g/mol. The molecule has 0 fully saturated rings. The number of aromatic nitrogens is 1. The van der Waals surface area contributed by atoms with E-state index < -0.39 is 17.8 Å². The molecule has 2 aromatic rings. The van der Waals surface area contributed by atoms with Gasteiger partial charge in [0.1, 0.15) is 18.1 Å². The maximum Gasteiger partial charge on any atom is 0.433 e. The lowest BCUT2D eigenvalue weighted by Crippen LogP contribution is -2.09. The molecule has 2 rings (SSSR count). The lowest BCUT2D eigenvalue weighted by molar-refractivity contribution is -0.141. The van der Waals surface area contributed by atoms with Crippen LogP contribution in [-0.2, 0) is 17.6 Å². The number of alkyl halides is 3. The Hall–Kier alpha value is -2.57. The minimum atomic E-state index is -4.54. The second kappa shape index (κ2) is 6.68. The number of benzene rings is 1. The van der Waals surface area contributed by atoms with Crippen molar-refractivity contribution in [2.75, 3.05) is 0 Å². The fourth-order valence-electron chi connectivity index (χ4n) is 1.88. The number of hydrogen-bond donors (Lipinski definition) is 0. The summed E-state index contributed by atoms with van der Waals surface area (Å²) in [5, 5.41) is 0. The van der Waals surface area contributed by atoms with E-state index in [9.17, 15) is 18.0 Å². The van der Waals surface area contributed by atoms with Crippen molar-refractivity contribution in [1.82, 2.24) is 4.98 Å². The van der Waals surface area contributed by atoms with Crippen LogP contribution in [0.25, 0.3) is 0 Å². The largest absolute Gasteiger partial charge is 0.473 e. The number of pyridine rings is 1. The van der Waals surface area contributed by atoms with Crippen molar-refractivity contribution in [3.05, 3.63) is 53.2 Å². The monoisotopic (exact) mass is 325 g/mol. The average Bonchev–Trinajstić information content (AvgIpc) is 2.46. The van der Waals surface area contributed by atoms with Crippen molar-refractivity contribution < 1.29 is 27.4 Å². The Labute approximate surface area is 130 Å². The van der Waals surface area contributed by atoms with Crippen molar-refractivity contribution in [3.8, 4) is 11.6 Å². The molecular weight excluding hydrogens is 311 g/mol. The van der Waals surface area contributed by atoms with Gasteiger partial charge in [-0.3, -0.25) is 4.79 Å². The molecule has 0 N–H and O–H groups in total. The first kappa shape index (κ1) is 16.8. The summed E-state index contributed by atoms with van der Waals surface area (Å²) in [5.74, 6) is -0.350. The Bertz CT molecular complexity index is 714. The molecule has 0 saturated heterocycles. The van der Waals surface area contributed by atoms with E-state index in [0.717, 1.165) is 11.6 Å². The zero-order valence-corrected chi connectivity index (χ0v) is 12.5. The summed E-state index contributed by atoms with van der Waals surface area (Å²) >= 11 is 0. The lowest BCUT2D eigenvalue weighted by Gasteiger charge is -2.12. The molecule has 0 aliphatic carbocycles. The van der Waals surface area contributed by atoms with Gasteiger partial charge < -0.3 is 9.47 Å². The van der Waals surface area contributed by atoms with Gasteiger partial charge in [-0.25, -0.2) is 4.98 Å². The molecule has 1 heterocycles. The van der Waals surface area contributed by atoms with Crippen LogP contribution in [-0.4, -0.2) is 11.0 Å². The van der Waals surface area contributed by atoms with Crippen molar-refractivity contribution in [2.45, 2.75) is 26.6 Å². The Balaban J connectivity index is 2.18. The number of esters is 1. The third-order valence-corrected chi connectivity index (χ3v) is 2.86. The Morgan fingerprint density at radius 3 is 2.61 bits per heavy atom. The fraction of sp³-hybridized carbons (Fsp3) is 0.250. The molecule has 122 valence electrons. The van der Waals surface area contributed by atoms with Gasteiger partial charge in [-0.1, -0.05) is 17.7 Å². The first-order chi connectivity index (χ1) is 10.8. The maximum absolute atomic E-state index is 12.6. The molecule has 0 aliphatic heterocycles. The van der Waals surface area contributed by atoms with Crippen LogP contribution in [0.15, 0.2) is 36.4 Å². The summed E-state index contributed by atoms with van der Waals surface area (Å²) in [6.07, 6.45) is -4.54. The van der Waals surface area contributed by atoms with Gasteiger partial charge in [0.05, 0.1) is 0 Å². The summed E-state index contributed by atoms with van der Waals surface area (Å²) < 4.78 is 48.2. The molecule has 0 atom stereocenters. The topological polar surface area (TPSA) is 48.4 Å². The van der Waals surface area contributed by atoms with Gasteiger partial charge in [-0.2, -0.15) is 13.2 Å². The standard InChI is InChI=1S/C16H14F3NO3/c1-10-6-7-13(23-11(2)21)12(8-10)9-22-15-5-3-4-14(20-15)16(17,18)19/h3-8H,9H2,1-2H3. The predicted octanol–water partition coefficient (Wildman–Crippen LogP) is 3.91. The van der Waals surface area contributed by atoms with Gasteiger partial charge in [-0.15, -0.1) is 0 Å². The molecule has 0 spiro atoms. The van der Waals surface area contributed by atoms with E-state index in [1.807, 2.05) is 6.92 Å². The highest BCUT2D eigenvalue weighted by molar-refractivity contribution is 5.69. The molecule has 1 aromatic carbocycles. The van der Waals surface area contributed by atoms with E-state index in [1.165, 1.54) is 19.1 Å². The van der Waals surface area contributed by atoms with Crippen LogP contribution in [0.5, 0.6) is 11.6 Å². The third-order valence-electron chi connectivity index (χ3n) is 2.86. The molecule has 0 aliphatic rings. The molecule has 0 unspecified atom stereocenters. The van der Waals surface area contributed by atoms with Crippen molar-refractivity contribution in [2.24, 2.45) is 0 Å². The van der Waals surface area contributed by atoms with Crippen molar-refractivity contribution in [1.29, 1.82) is 0 Å². The molecule has 0 bridgehead atoms. The molecule has 0 radical (unpaired) electrons. The van der Waals surface area contributed by atoms with Crippen LogP contribution in [0.1, 0.15) is 23.7 Å². The van der Waals surface area contributed by atoms with Crippen LogP contribution >= 0.6 is 0 Å². The molecular formula is C16H14F3NO3. The van der Waals surface area contributed by atoms with Crippen LogP contribution in [0.3, 0.4) is 0 Å². The van der Waals surface area contributed by atoms with E-state index in [-0.39, 0.29) is 12.5 Å². The number of aryl methyl sites for hydroxylation is 1. The van der Waals surface area contributed by atoms with E-state index >= 15 is 0 Å². The number of carbonyl (C=O) groups excluding carboxylic acids is 1. The number of ether oxygens (including phenoxy) is 2. The fourth-order valence-corrected chi connectivity index (χ4v) is 1.88. The first-order valence-corrected chi connectivity index (χ1v) is 6.70. The van der Waals surface area contributed by atoms with Gasteiger partial charge in [0.2, 0.25) is 5.88 Å². The van der Waals surface area contributed by atoms with Gasteiger partial charge >= 0.3 is 12.1 Å². The lowest BCUT2D eigenvalue weighted by atomic mass is 10.1. The number of carbonyl (C=O) groups is 1. The van der Waals surface area contributed by atoms with Gasteiger partial charge in [0.15, 0.2) is 0 Å². The van der Waals surface area contributed by atoms with Crippen LogP contribution in [0, 0.1) is 6.92 Å². The normalized spacial score (nSPS) is 11.2. The molecule has 0 amide bonds. The van der Waals surface area contributed by atoms with Gasteiger partial charge in [0, 0.05) is 18.6 Å². The third kappa shape index (κ3) is 4.70. The Morgan fingerprint density at radius 2 is 1.96 bits per heavy atom. The highest BCUT2D eigenvalue weighted by atomic mass is 19.4. The summed E-state index contributed by atoms with van der Waals surface area (Å²) in [7, 11) is 0. The van der Waals surface area contributed by atoms with Crippen LogP contribution in [0.4, 0.5) is 13.2 Å². The van der Waals surface area contributed by atoms with Gasteiger partial charge in [0.25, 0.3) is 0 Å². The maximum atomic E-state index is 12.6. The zero-order chi connectivity index (χ0) is 17.0. The first-order valence-electron chi connectivity index (χ1n) is 6.70. The number of hydrogen-bond acceptors (Lipinski definition) is 4. The zero-order valence-electron chi connectivity index (χ0n) is 12.5. The highest BCUT2D eigenvalue weighted by Crippen LogP contribution is 2.29. The molecule has 0 saturated carbocycles. The smallest absolute Gasteiger partial charge is 0.433 e. The van der Waals surface area contributed by atoms with E-state index in [0.29, 0.717) is 11.3 Å². The second-order valence-corrected chi connectivity index (χ2v) is 4.85. The van der Waals surface area contributed by atoms with Gasteiger partial charge in [-0.05, 0) is 25.1 Å². The summed E-state index contributed by atoms with van der Waals surface area (Å²) in [5.41, 5.74) is 0.412. The summed E-state index contributed by atoms with van der Waals surface area (Å²) in [6.45, 7) is 3.03. The molecule has 7 heteroatoms. The second-order valence-electron chi connectivity index (χ2n) is 4.85. The Morgan fingerprint density at radius 1 is 1.22 bits per heavy atom. The SMILES string of the molecule is CC(=O)Oc1ccc(C)cc1COc1cccc(C(F)(F)F)n1. The molecule has 4 nitrogen and oxygen atoms in total. The molecule has 23 heavy (non-hydrogen) atoms. The minimum Gasteiger partial charge on any atom is -0.473 e. The number of nitrogens with zero attached hydrogens (tertiary/aromatic N) is 1. The number of halogens is 3. The van der Waals surface area contributed by atoms with Crippen LogP contribution < -0.4 is 9.47 Å². The minimum absolute atomic E-state index is 0.0708.